The molecule has 0 aliphatic carbocycles. The van der Waals surface area contributed by atoms with Gasteiger partial charge in [-0.25, -0.2) is 0 Å². The molecule has 2 N–H and O–H groups in total. The molecule has 1 fully saturated rings. The second-order valence-electron chi connectivity index (χ2n) is 4.86. The number of aryl methyl sites for hydroxylation is 1. The number of hydrogen-bond acceptors (Lipinski definition) is 5. The molecular formula is C14H16N4OS. The maximum absolute atomic E-state index is 5.69. The van der Waals surface area contributed by atoms with Gasteiger partial charge in [0.05, 0.1) is 18.8 Å². The molecule has 1 saturated heterocycles. The Hall–Kier alpha value is -1.79. The molecule has 2 aromatic rings. The number of hydrogen-bond donors (Lipinski definition) is 1. The standard InChI is InChI=1S/C14H16N4OS/c1-9-10-4-2-3-5-11(10)14(17-16-9)18-6-7-19-12(8-18)13(15)20/h2-5,12H,6-8H2,1H3,(H2,15,20). The van der Waals surface area contributed by atoms with E-state index in [0.29, 0.717) is 18.1 Å². The third kappa shape index (κ3) is 2.32. The Bertz CT molecular complexity index is 661. The summed E-state index contributed by atoms with van der Waals surface area (Å²) in [5.41, 5.74) is 6.62. The van der Waals surface area contributed by atoms with Crippen LogP contribution in [0.1, 0.15) is 5.69 Å². The summed E-state index contributed by atoms with van der Waals surface area (Å²) in [7, 11) is 0. The normalized spacial score (nSPS) is 19.2. The second kappa shape index (κ2) is 5.30. The Morgan fingerprint density at radius 1 is 1.35 bits per heavy atom. The van der Waals surface area contributed by atoms with E-state index >= 15 is 0 Å². The largest absolute Gasteiger partial charge is 0.391 e. The summed E-state index contributed by atoms with van der Waals surface area (Å²) in [5, 5.41) is 10.8. The molecule has 1 aromatic carbocycles. The summed E-state index contributed by atoms with van der Waals surface area (Å²) in [6, 6.07) is 8.16. The summed E-state index contributed by atoms with van der Waals surface area (Å²) in [4.78, 5) is 2.53. The van der Waals surface area contributed by atoms with Crippen molar-refractivity contribution in [2.75, 3.05) is 24.6 Å². The summed E-state index contributed by atoms with van der Waals surface area (Å²) in [5.74, 6) is 0.871. The maximum Gasteiger partial charge on any atom is 0.159 e. The third-order valence-electron chi connectivity index (χ3n) is 3.54. The van der Waals surface area contributed by atoms with Gasteiger partial charge in [0.1, 0.15) is 11.1 Å². The van der Waals surface area contributed by atoms with Gasteiger partial charge in [0.2, 0.25) is 0 Å². The highest BCUT2D eigenvalue weighted by atomic mass is 32.1. The van der Waals surface area contributed by atoms with Crippen LogP contribution in [0.3, 0.4) is 0 Å². The second-order valence-corrected chi connectivity index (χ2v) is 5.33. The molecule has 1 aromatic heterocycles. The summed E-state index contributed by atoms with van der Waals surface area (Å²) in [6.45, 7) is 3.94. The zero-order valence-corrected chi connectivity index (χ0v) is 12.1. The van der Waals surface area contributed by atoms with Crippen LogP contribution >= 0.6 is 12.2 Å². The molecule has 5 nitrogen and oxygen atoms in total. The number of benzene rings is 1. The van der Waals surface area contributed by atoms with E-state index in [1.165, 1.54) is 0 Å². The van der Waals surface area contributed by atoms with Crippen LogP contribution in [-0.2, 0) is 4.74 Å². The maximum atomic E-state index is 5.69. The highest BCUT2D eigenvalue weighted by Crippen LogP contribution is 2.26. The summed E-state index contributed by atoms with van der Waals surface area (Å²) < 4.78 is 5.57. The number of morpholine rings is 1. The first-order chi connectivity index (χ1) is 9.66. The van der Waals surface area contributed by atoms with E-state index in [-0.39, 0.29) is 6.10 Å². The van der Waals surface area contributed by atoms with E-state index in [1.54, 1.807) is 0 Å². The molecule has 0 bridgehead atoms. The molecule has 0 saturated carbocycles. The molecule has 0 amide bonds. The SMILES string of the molecule is Cc1nnc(N2CCOC(C(N)=S)C2)c2ccccc12. The zero-order valence-electron chi connectivity index (χ0n) is 11.2. The zero-order chi connectivity index (χ0) is 14.1. The lowest BCUT2D eigenvalue weighted by Gasteiger charge is -2.33. The minimum absolute atomic E-state index is 0.222. The molecule has 1 aliphatic heterocycles. The topological polar surface area (TPSA) is 64.3 Å². The molecular weight excluding hydrogens is 272 g/mol. The monoisotopic (exact) mass is 288 g/mol. The van der Waals surface area contributed by atoms with Crippen LogP contribution in [0.25, 0.3) is 10.8 Å². The molecule has 0 spiro atoms. The molecule has 104 valence electrons. The first-order valence-electron chi connectivity index (χ1n) is 6.54. The van der Waals surface area contributed by atoms with Gasteiger partial charge in [0.15, 0.2) is 5.82 Å². The smallest absolute Gasteiger partial charge is 0.159 e. The Labute approximate surface area is 122 Å². The summed E-state index contributed by atoms with van der Waals surface area (Å²) >= 11 is 5.03. The first kappa shape index (κ1) is 13.2. The molecule has 2 heterocycles. The van der Waals surface area contributed by atoms with Gasteiger partial charge in [-0.15, -0.1) is 5.10 Å². The van der Waals surface area contributed by atoms with Crippen LogP contribution in [0, 0.1) is 6.92 Å². The van der Waals surface area contributed by atoms with E-state index in [2.05, 4.69) is 27.2 Å². The fraction of sp³-hybridized carbons (Fsp3) is 0.357. The molecule has 1 aliphatic rings. The number of ether oxygens (including phenoxy) is 1. The molecule has 20 heavy (non-hydrogen) atoms. The summed E-state index contributed by atoms with van der Waals surface area (Å²) in [6.07, 6.45) is -0.222. The van der Waals surface area contributed by atoms with Crippen molar-refractivity contribution in [3.05, 3.63) is 30.0 Å². The van der Waals surface area contributed by atoms with Crippen molar-refractivity contribution in [2.45, 2.75) is 13.0 Å². The van der Waals surface area contributed by atoms with Crippen molar-refractivity contribution in [2.24, 2.45) is 5.73 Å². The lowest BCUT2D eigenvalue weighted by atomic mass is 10.1. The van der Waals surface area contributed by atoms with Crippen LogP contribution in [0.2, 0.25) is 0 Å². The number of aromatic nitrogens is 2. The average molecular weight is 288 g/mol. The molecule has 0 radical (unpaired) electrons. The number of fused-ring (bicyclic) bond motifs is 1. The number of nitrogens with zero attached hydrogens (tertiary/aromatic N) is 3. The quantitative estimate of drug-likeness (QED) is 0.843. The van der Waals surface area contributed by atoms with E-state index < -0.39 is 0 Å². The fourth-order valence-electron chi connectivity index (χ4n) is 2.47. The van der Waals surface area contributed by atoms with Crippen LogP contribution in [-0.4, -0.2) is 41.0 Å². The van der Waals surface area contributed by atoms with Gasteiger partial charge in [0.25, 0.3) is 0 Å². The van der Waals surface area contributed by atoms with Crippen molar-refractivity contribution in [3.8, 4) is 0 Å². The minimum atomic E-state index is -0.222. The van der Waals surface area contributed by atoms with Crippen LogP contribution in [0.15, 0.2) is 24.3 Å². The van der Waals surface area contributed by atoms with E-state index in [9.17, 15) is 0 Å². The van der Waals surface area contributed by atoms with Gasteiger partial charge in [-0.1, -0.05) is 36.5 Å². The Morgan fingerprint density at radius 2 is 2.10 bits per heavy atom. The van der Waals surface area contributed by atoms with Crippen LogP contribution in [0.4, 0.5) is 5.82 Å². The highest BCUT2D eigenvalue weighted by Gasteiger charge is 2.25. The number of thiocarbonyl (C=S) groups is 1. The van der Waals surface area contributed by atoms with Crippen molar-refractivity contribution < 1.29 is 4.74 Å². The van der Waals surface area contributed by atoms with Gasteiger partial charge in [-0.05, 0) is 6.92 Å². The first-order valence-corrected chi connectivity index (χ1v) is 6.95. The molecule has 1 atom stereocenters. The fourth-order valence-corrected chi connectivity index (χ4v) is 2.61. The minimum Gasteiger partial charge on any atom is -0.391 e. The van der Waals surface area contributed by atoms with E-state index in [4.69, 9.17) is 22.7 Å². The van der Waals surface area contributed by atoms with E-state index in [0.717, 1.165) is 28.8 Å². The molecule has 6 heteroatoms. The highest BCUT2D eigenvalue weighted by molar-refractivity contribution is 7.80. The van der Waals surface area contributed by atoms with Gasteiger partial charge < -0.3 is 15.4 Å². The van der Waals surface area contributed by atoms with Gasteiger partial charge in [0, 0.05) is 17.3 Å². The van der Waals surface area contributed by atoms with Crippen molar-refractivity contribution in [3.63, 3.8) is 0 Å². The van der Waals surface area contributed by atoms with Crippen molar-refractivity contribution in [1.82, 2.24) is 10.2 Å². The van der Waals surface area contributed by atoms with Crippen molar-refractivity contribution >= 4 is 33.8 Å². The Kier molecular flexibility index (Phi) is 3.50. The van der Waals surface area contributed by atoms with Crippen LogP contribution < -0.4 is 10.6 Å². The Balaban J connectivity index is 2.02. The van der Waals surface area contributed by atoms with Gasteiger partial charge in [-0.2, -0.15) is 5.10 Å². The lowest BCUT2D eigenvalue weighted by molar-refractivity contribution is 0.0844. The average Bonchev–Trinajstić information content (AvgIpc) is 2.48. The number of anilines is 1. The van der Waals surface area contributed by atoms with Gasteiger partial charge in [-0.3, -0.25) is 0 Å². The lowest BCUT2D eigenvalue weighted by Crippen LogP contribution is -2.48. The molecule has 1 unspecified atom stereocenters. The Morgan fingerprint density at radius 3 is 2.85 bits per heavy atom. The van der Waals surface area contributed by atoms with Crippen molar-refractivity contribution in [1.29, 1.82) is 0 Å². The third-order valence-corrected chi connectivity index (χ3v) is 3.80. The predicted octanol–water partition coefficient (Wildman–Crippen LogP) is 1.43. The predicted molar refractivity (Wildman–Crippen MR) is 83.0 cm³/mol. The molecule has 3 rings (SSSR count). The number of nitrogens with two attached hydrogens (primary N) is 1. The van der Waals surface area contributed by atoms with Gasteiger partial charge >= 0.3 is 0 Å². The van der Waals surface area contributed by atoms with E-state index in [1.807, 2.05) is 19.1 Å². The van der Waals surface area contributed by atoms with Crippen LogP contribution in [0.5, 0.6) is 0 Å². The number of rotatable bonds is 2.